The third kappa shape index (κ3) is 3.64. The van der Waals surface area contributed by atoms with Crippen LogP contribution < -0.4 is 5.32 Å². The van der Waals surface area contributed by atoms with Gasteiger partial charge in [-0.05, 0) is 24.9 Å². The average molecular weight is 332 g/mol. The molecular weight excluding hydrogens is 316 g/mol. The average Bonchev–Trinajstić information content (AvgIpc) is 2.85. The van der Waals surface area contributed by atoms with E-state index in [1.165, 1.54) is 0 Å². The molecule has 0 bridgehead atoms. The summed E-state index contributed by atoms with van der Waals surface area (Å²) in [6.07, 6.45) is 3.64. The quantitative estimate of drug-likeness (QED) is 0.384. The van der Waals surface area contributed by atoms with Crippen LogP contribution in [0.3, 0.4) is 0 Å². The molecule has 1 N–H and O–H groups in total. The summed E-state index contributed by atoms with van der Waals surface area (Å²) in [5.74, 6) is 0.260. The van der Waals surface area contributed by atoms with Gasteiger partial charge in [0.2, 0.25) is 0 Å². The Kier molecular flexibility index (Phi) is 5.14. The highest BCUT2D eigenvalue weighted by Gasteiger charge is 2.38. The number of hydrogen-bond acceptors (Lipinski definition) is 5. The molecule has 7 heteroatoms. The molecule has 0 aliphatic carbocycles. The van der Waals surface area contributed by atoms with Crippen LogP contribution in [0.5, 0.6) is 0 Å². The molecule has 1 heterocycles. The van der Waals surface area contributed by atoms with E-state index in [1.807, 2.05) is 26.0 Å². The van der Waals surface area contributed by atoms with Gasteiger partial charge in [-0.3, -0.25) is 0 Å². The number of nitrogens with one attached hydrogen (secondary N) is 1. The van der Waals surface area contributed by atoms with Crippen LogP contribution in [-0.4, -0.2) is 12.6 Å². The van der Waals surface area contributed by atoms with Gasteiger partial charge in [0, 0.05) is 23.2 Å². The lowest BCUT2D eigenvalue weighted by Crippen LogP contribution is -2.21. The van der Waals surface area contributed by atoms with Crippen LogP contribution in [0.1, 0.15) is 19.4 Å². The van der Waals surface area contributed by atoms with E-state index >= 15 is 0 Å². The Morgan fingerprint density at radius 1 is 1.28 bits per heavy atom. The fourth-order valence-corrected chi connectivity index (χ4v) is 2.46. The van der Waals surface area contributed by atoms with Crippen molar-refractivity contribution in [1.82, 2.24) is 5.32 Å². The smallest absolute Gasteiger partial charge is 0.172 e. The first kappa shape index (κ1) is 17.7. The van der Waals surface area contributed by atoms with Crippen LogP contribution in [0.2, 0.25) is 0 Å². The third-order valence-corrected chi connectivity index (χ3v) is 3.70. The molecule has 0 saturated heterocycles. The first-order valence-electron chi connectivity index (χ1n) is 7.46. The molecule has 1 aliphatic heterocycles. The van der Waals surface area contributed by atoms with Gasteiger partial charge in [0.15, 0.2) is 11.5 Å². The highest BCUT2D eigenvalue weighted by atomic mass is 16.5. The van der Waals surface area contributed by atoms with E-state index in [-0.39, 0.29) is 11.5 Å². The summed E-state index contributed by atoms with van der Waals surface area (Å²) in [7, 11) is 1.61. The first-order chi connectivity index (χ1) is 12.0. The number of azide groups is 1. The third-order valence-electron chi connectivity index (χ3n) is 3.70. The van der Waals surface area contributed by atoms with E-state index < -0.39 is 5.60 Å². The Hall–Kier alpha value is -3.67. The summed E-state index contributed by atoms with van der Waals surface area (Å²) in [4.78, 5) is 2.74. The van der Waals surface area contributed by atoms with E-state index in [0.717, 1.165) is 5.56 Å². The molecule has 0 fully saturated rings. The van der Waals surface area contributed by atoms with Crippen molar-refractivity contribution < 1.29 is 4.74 Å². The Bertz CT molecular complexity index is 900. The lowest BCUT2D eigenvalue weighted by molar-refractivity contribution is 0.0941. The molecule has 2 rings (SSSR count). The molecule has 0 spiro atoms. The largest absolute Gasteiger partial charge is 0.479 e. The van der Waals surface area contributed by atoms with Gasteiger partial charge in [-0.15, -0.1) is 0 Å². The van der Waals surface area contributed by atoms with E-state index in [9.17, 15) is 10.5 Å². The van der Waals surface area contributed by atoms with Crippen molar-refractivity contribution in [3.63, 3.8) is 0 Å². The Morgan fingerprint density at radius 3 is 2.48 bits per heavy atom. The van der Waals surface area contributed by atoms with Crippen molar-refractivity contribution >= 4 is 11.8 Å². The van der Waals surface area contributed by atoms with Gasteiger partial charge >= 0.3 is 0 Å². The number of benzene rings is 1. The summed E-state index contributed by atoms with van der Waals surface area (Å²) >= 11 is 0. The molecule has 0 unspecified atom stereocenters. The molecule has 0 aromatic heterocycles. The normalized spacial score (nSPS) is 17.3. The second-order valence-corrected chi connectivity index (χ2v) is 5.69. The molecular formula is C18H16N6O. The minimum atomic E-state index is -0.735. The number of nitriles is 2. The van der Waals surface area contributed by atoms with Crippen molar-refractivity contribution in [3.05, 3.63) is 69.0 Å². The minimum Gasteiger partial charge on any atom is -0.479 e. The lowest BCUT2D eigenvalue weighted by Gasteiger charge is -2.21. The standard InChI is InChI=1S/C18H16N6O/c1-18(2)15(14(10-19)17(25-18)16(11-20)22-3)9-6-12-4-7-13(8-5-12)23-24-21/h4-9,22H,1-3H3/b9-6+,17-16+. The number of ether oxygens (including phenoxy) is 1. The van der Waals surface area contributed by atoms with Crippen LogP contribution in [0.4, 0.5) is 5.69 Å². The van der Waals surface area contributed by atoms with Crippen molar-refractivity contribution in [2.75, 3.05) is 7.05 Å². The van der Waals surface area contributed by atoms with Gasteiger partial charge in [-0.25, -0.2) is 0 Å². The summed E-state index contributed by atoms with van der Waals surface area (Å²) in [6.45, 7) is 3.68. The minimum absolute atomic E-state index is 0.215. The molecule has 1 aliphatic rings. The molecule has 124 valence electrons. The SMILES string of the molecule is CN/C(C#N)=C1/OC(C)(C)C(/C=C/c2ccc(N=[N+]=[N-])cc2)=C1C#N. The second kappa shape index (κ2) is 7.27. The van der Waals surface area contributed by atoms with E-state index in [4.69, 9.17) is 10.3 Å². The Morgan fingerprint density at radius 2 is 1.96 bits per heavy atom. The van der Waals surface area contributed by atoms with Crippen molar-refractivity contribution in [1.29, 1.82) is 10.5 Å². The molecule has 0 saturated carbocycles. The van der Waals surface area contributed by atoms with E-state index in [1.54, 1.807) is 37.4 Å². The Labute approximate surface area is 145 Å². The number of rotatable bonds is 4. The van der Waals surface area contributed by atoms with Crippen molar-refractivity contribution in [3.8, 4) is 12.1 Å². The van der Waals surface area contributed by atoms with Gasteiger partial charge in [-0.1, -0.05) is 41.5 Å². The monoisotopic (exact) mass is 332 g/mol. The van der Waals surface area contributed by atoms with Crippen LogP contribution in [-0.2, 0) is 4.74 Å². The zero-order valence-corrected chi connectivity index (χ0v) is 14.1. The van der Waals surface area contributed by atoms with Crippen molar-refractivity contribution in [2.45, 2.75) is 19.4 Å². The fraction of sp³-hybridized carbons (Fsp3) is 0.222. The van der Waals surface area contributed by atoms with Crippen LogP contribution in [0.15, 0.2) is 58.1 Å². The van der Waals surface area contributed by atoms with Gasteiger partial charge < -0.3 is 10.1 Å². The highest BCUT2D eigenvalue weighted by molar-refractivity contribution is 5.63. The maximum absolute atomic E-state index is 9.53. The number of nitrogens with zero attached hydrogens (tertiary/aromatic N) is 5. The molecule has 0 radical (unpaired) electrons. The van der Waals surface area contributed by atoms with Crippen LogP contribution in [0, 0.1) is 22.7 Å². The summed E-state index contributed by atoms with van der Waals surface area (Å²) in [5, 5.41) is 25.0. The summed E-state index contributed by atoms with van der Waals surface area (Å²) in [6, 6.07) is 11.2. The van der Waals surface area contributed by atoms with E-state index in [2.05, 4.69) is 21.4 Å². The predicted octanol–water partition coefficient (Wildman–Crippen LogP) is 4.23. The van der Waals surface area contributed by atoms with Gasteiger partial charge in [-0.2, -0.15) is 10.5 Å². The van der Waals surface area contributed by atoms with Crippen LogP contribution >= 0.6 is 0 Å². The molecule has 25 heavy (non-hydrogen) atoms. The van der Waals surface area contributed by atoms with Gasteiger partial charge in [0.25, 0.3) is 0 Å². The lowest BCUT2D eigenvalue weighted by atomic mass is 9.94. The molecule has 1 aromatic carbocycles. The number of allylic oxidation sites excluding steroid dienone is 2. The molecule has 0 atom stereocenters. The van der Waals surface area contributed by atoms with Gasteiger partial charge in [0.1, 0.15) is 23.3 Å². The highest BCUT2D eigenvalue weighted by Crippen LogP contribution is 2.40. The zero-order valence-electron chi connectivity index (χ0n) is 14.1. The summed E-state index contributed by atoms with van der Waals surface area (Å²) in [5.41, 5.74) is 10.3. The topological polar surface area (TPSA) is 118 Å². The Balaban J connectivity index is 2.46. The van der Waals surface area contributed by atoms with Crippen molar-refractivity contribution in [2.24, 2.45) is 5.11 Å². The first-order valence-corrected chi connectivity index (χ1v) is 7.46. The van der Waals surface area contributed by atoms with Gasteiger partial charge in [0.05, 0.1) is 0 Å². The zero-order chi connectivity index (χ0) is 18.4. The molecule has 0 amide bonds. The van der Waals surface area contributed by atoms with Crippen LogP contribution in [0.25, 0.3) is 16.5 Å². The second-order valence-electron chi connectivity index (χ2n) is 5.69. The van der Waals surface area contributed by atoms with E-state index in [0.29, 0.717) is 16.8 Å². The number of hydrogen-bond donors (Lipinski definition) is 1. The maximum Gasteiger partial charge on any atom is 0.172 e. The molecule has 7 nitrogen and oxygen atoms in total. The summed E-state index contributed by atoms with van der Waals surface area (Å²) < 4.78 is 5.84. The predicted molar refractivity (Wildman–Crippen MR) is 93.8 cm³/mol. The fourth-order valence-electron chi connectivity index (χ4n) is 2.46. The maximum atomic E-state index is 9.53. The molecule has 1 aromatic rings.